The van der Waals surface area contributed by atoms with Gasteiger partial charge in [0.15, 0.2) is 0 Å². The number of nitrogens with one attached hydrogen (secondary N) is 2. The van der Waals surface area contributed by atoms with Crippen LogP contribution < -0.4 is 16.4 Å². The van der Waals surface area contributed by atoms with Crippen molar-refractivity contribution in [3.05, 3.63) is 0 Å². The van der Waals surface area contributed by atoms with Crippen molar-refractivity contribution in [1.82, 2.24) is 10.6 Å². The summed E-state index contributed by atoms with van der Waals surface area (Å²) in [6.07, 6.45) is 0.589. The Kier molecular flexibility index (Phi) is 7.78. The molecule has 2 amide bonds. The average molecular weight is 282 g/mol. The van der Waals surface area contributed by atoms with Gasteiger partial charge in [-0.05, 0) is 12.3 Å². The summed E-state index contributed by atoms with van der Waals surface area (Å²) in [7, 11) is 0. The molecule has 0 radical (unpaired) electrons. The van der Waals surface area contributed by atoms with Gasteiger partial charge in [0, 0.05) is 11.6 Å². The van der Waals surface area contributed by atoms with Gasteiger partial charge in [-0.2, -0.15) is 0 Å². The molecule has 0 saturated carbocycles. The summed E-state index contributed by atoms with van der Waals surface area (Å²) in [5.74, 6) is 1.16. The van der Waals surface area contributed by atoms with Gasteiger partial charge in [-0.3, -0.25) is 20.2 Å². The fraction of sp³-hybridized carbons (Fsp3) is 0.800. The molecule has 5 nitrogen and oxygen atoms in total. The molecule has 1 aliphatic rings. The van der Waals surface area contributed by atoms with Crippen LogP contribution in [0.2, 0.25) is 0 Å². The summed E-state index contributed by atoms with van der Waals surface area (Å²) < 4.78 is 0. The zero-order valence-corrected chi connectivity index (χ0v) is 11.7. The topological polar surface area (TPSA) is 84.2 Å². The SMILES string of the molecule is CC(C)C[C@H](N)C(=O)NC(=O)C1CSCN1.Cl. The minimum absolute atomic E-state index is 0. The molecule has 1 aliphatic heterocycles. The van der Waals surface area contributed by atoms with Gasteiger partial charge in [0.05, 0.1) is 12.1 Å². The summed E-state index contributed by atoms with van der Waals surface area (Å²) >= 11 is 1.64. The van der Waals surface area contributed by atoms with Crippen LogP contribution in [0.1, 0.15) is 20.3 Å². The number of rotatable bonds is 4. The van der Waals surface area contributed by atoms with Crippen LogP contribution >= 0.6 is 24.2 Å². The second kappa shape index (κ2) is 7.92. The number of nitrogens with two attached hydrogens (primary N) is 1. The normalized spacial score (nSPS) is 20.8. The molecular weight excluding hydrogens is 262 g/mol. The van der Waals surface area contributed by atoms with E-state index in [4.69, 9.17) is 5.73 Å². The van der Waals surface area contributed by atoms with Crippen molar-refractivity contribution in [2.24, 2.45) is 11.7 Å². The third kappa shape index (κ3) is 5.72. The quantitative estimate of drug-likeness (QED) is 0.680. The van der Waals surface area contributed by atoms with E-state index in [9.17, 15) is 9.59 Å². The lowest BCUT2D eigenvalue weighted by atomic mass is 10.0. The maximum Gasteiger partial charge on any atom is 0.244 e. The Hall–Kier alpha value is -0.300. The summed E-state index contributed by atoms with van der Waals surface area (Å²) in [6.45, 7) is 3.98. The van der Waals surface area contributed by atoms with Crippen LogP contribution in [0, 0.1) is 5.92 Å². The number of carbonyl (C=O) groups excluding carboxylic acids is 2. The molecule has 17 heavy (non-hydrogen) atoms. The zero-order chi connectivity index (χ0) is 12.1. The van der Waals surface area contributed by atoms with Crippen LogP contribution in [-0.2, 0) is 9.59 Å². The molecule has 0 aromatic carbocycles. The van der Waals surface area contributed by atoms with Crippen molar-refractivity contribution in [2.45, 2.75) is 32.4 Å². The third-order valence-corrected chi connectivity index (χ3v) is 3.28. The van der Waals surface area contributed by atoms with Gasteiger partial charge in [0.2, 0.25) is 11.8 Å². The van der Waals surface area contributed by atoms with E-state index in [1.807, 2.05) is 13.8 Å². The Labute approximate surface area is 112 Å². The van der Waals surface area contributed by atoms with E-state index in [1.54, 1.807) is 11.8 Å². The Morgan fingerprint density at radius 2 is 2.18 bits per heavy atom. The lowest BCUT2D eigenvalue weighted by Crippen LogP contribution is -2.50. The highest BCUT2D eigenvalue weighted by atomic mass is 35.5. The maximum absolute atomic E-state index is 11.6. The average Bonchev–Trinajstić information content (AvgIpc) is 2.68. The number of hydrogen-bond acceptors (Lipinski definition) is 5. The van der Waals surface area contributed by atoms with Crippen molar-refractivity contribution < 1.29 is 9.59 Å². The van der Waals surface area contributed by atoms with Crippen LogP contribution in [0.3, 0.4) is 0 Å². The molecule has 100 valence electrons. The number of hydrogen-bond donors (Lipinski definition) is 3. The van der Waals surface area contributed by atoms with E-state index in [0.717, 1.165) is 5.88 Å². The molecule has 1 fully saturated rings. The second-order valence-electron chi connectivity index (χ2n) is 4.36. The molecule has 0 spiro atoms. The number of halogens is 1. The molecule has 0 aromatic heterocycles. The van der Waals surface area contributed by atoms with Crippen LogP contribution in [0.15, 0.2) is 0 Å². The van der Waals surface area contributed by atoms with Crippen LogP contribution in [0.4, 0.5) is 0 Å². The Morgan fingerprint density at radius 3 is 2.65 bits per heavy atom. The largest absolute Gasteiger partial charge is 0.320 e. The first kappa shape index (κ1) is 16.7. The van der Waals surface area contributed by atoms with Gasteiger partial charge in [-0.1, -0.05) is 13.8 Å². The standard InChI is InChI=1S/C10H19N3O2S.ClH/c1-6(2)3-7(11)9(14)13-10(15)8-4-16-5-12-8;/h6-8,12H,3-5,11H2,1-2H3,(H,13,14,15);1H/t7-,8?;/m0./s1. The fourth-order valence-corrected chi connectivity index (χ4v) is 2.42. The molecule has 1 heterocycles. The van der Waals surface area contributed by atoms with Crippen molar-refractivity contribution >= 4 is 36.0 Å². The van der Waals surface area contributed by atoms with E-state index < -0.39 is 6.04 Å². The lowest BCUT2D eigenvalue weighted by Gasteiger charge is -2.15. The molecule has 0 aliphatic carbocycles. The molecule has 4 N–H and O–H groups in total. The van der Waals surface area contributed by atoms with E-state index >= 15 is 0 Å². The van der Waals surface area contributed by atoms with Crippen LogP contribution in [-0.4, -0.2) is 35.5 Å². The van der Waals surface area contributed by atoms with Gasteiger partial charge in [0.25, 0.3) is 0 Å². The van der Waals surface area contributed by atoms with Gasteiger partial charge in [0.1, 0.15) is 0 Å². The highest BCUT2D eigenvalue weighted by Gasteiger charge is 2.25. The number of thioether (sulfide) groups is 1. The maximum atomic E-state index is 11.6. The highest BCUT2D eigenvalue weighted by molar-refractivity contribution is 7.99. The van der Waals surface area contributed by atoms with E-state index in [1.165, 1.54) is 0 Å². The predicted octanol–water partition coefficient (Wildman–Crippen LogP) is 0.0869. The number of amides is 2. The minimum Gasteiger partial charge on any atom is -0.320 e. The fourth-order valence-electron chi connectivity index (χ4n) is 1.48. The van der Waals surface area contributed by atoms with Crippen LogP contribution in [0.5, 0.6) is 0 Å². The summed E-state index contributed by atoms with van der Waals surface area (Å²) in [5, 5.41) is 5.35. The van der Waals surface area contributed by atoms with Gasteiger partial charge < -0.3 is 5.73 Å². The van der Waals surface area contributed by atoms with E-state index in [0.29, 0.717) is 18.1 Å². The monoisotopic (exact) mass is 281 g/mol. The third-order valence-electron chi connectivity index (χ3n) is 2.34. The molecule has 1 unspecified atom stereocenters. The summed E-state index contributed by atoms with van der Waals surface area (Å²) in [5.41, 5.74) is 5.68. The second-order valence-corrected chi connectivity index (χ2v) is 5.39. The molecule has 2 atom stereocenters. The first-order chi connectivity index (χ1) is 7.50. The Morgan fingerprint density at radius 1 is 1.53 bits per heavy atom. The van der Waals surface area contributed by atoms with E-state index in [2.05, 4.69) is 10.6 Å². The summed E-state index contributed by atoms with van der Waals surface area (Å²) in [6, 6.07) is -0.863. The minimum atomic E-state index is -0.599. The molecule has 0 bridgehead atoms. The molecule has 0 aromatic rings. The van der Waals surface area contributed by atoms with Gasteiger partial charge in [-0.25, -0.2) is 0 Å². The Balaban J connectivity index is 0.00000256. The van der Waals surface area contributed by atoms with Crippen molar-refractivity contribution in [3.63, 3.8) is 0 Å². The van der Waals surface area contributed by atoms with Crippen molar-refractivity contribution in [2.75, 3.05) is 11.6 Å². The van der Waals surface area contributed by atoms with Gasteiger partial charge in [-0.15, -0.1) is 24.2 Å². The molecule has 1 saturated heterocycles. The first-order valence-electron chi connectivity index (χ1n) is 5.42. The lowest BCUT2D eigenvalue weighted by molar-refractivity contribution is -0.132. The molecular formula is C10H20ClN3O2S. The summed E-state index contributed by atoms with van der Waals surface area (Å²) in [4.78, 5) is 23.1. The van der Waals surface area contributed by atoms with Crippen molar-refractivity contribution in [3.8, 4) is 0 Å². The number of imide groups is 1. The molecule has 1 rings (SSSR count). The van der Waals surface area contributed by atoms with E-state index in [-0.39, 0.29) is 30.3 Å². The van der Waals surface area contributed by atoms with Crippen LogP contribution in [0.25, 0.3) is 0 Å². The first-order valence-corrected chi connectivity index (χ1v) is 6.57. The Bertz CT molecular complexity index is 270. The van der Waals surface area contributed by atoms with Crippen molar-refractivity contribution in [1.29, 1.82) is 0 Å². The number of carbonyl (C=O) groups is 2. The van der Waals surface area contributed by atoms with Gasteiger partial charge >= 0.3 is 0 Å². The smallest absolute Gasteiger partial charge is 0.244 e. The zero-order valence-electron chi connectivity index (χ0n) is 10.1. The molecule has 7 heteroatoms. The highest BCUT2D eigenvalue weighted by Crippen LogP contribution is 2.09. The predicted molar refractivity (Wildman–Crippen MR) is 72.1 cm³/mol.